The number of nitrogens with zero attached hydrogens (tertiary/aromatic N) is 1. The van der Waals surface area contributed by atoms with Crippen LogP contribution in [0.3, 0.4) is 0 Å². The number of hydrogen-bond donors (Lipinski definition) is 1. The van der Waals surface area contributed by atoms with Gasteiger partial charge in [0, 0.05) is 12.6 Å². The molecule has 1 fully saturated rings. The van der Waals surface area contributed by atoms with Gasteiger partial charge in [0.2, 0.25) is 0 Å². The van der Waals surface area contributed by atoms with E-state index >= 15 is 0 Å². The molecule has 70 valence electrons. The van der Waals surface area contributed by atoms with Gasteiger partial charge in [-0.3, -0.25) is 0 Å². The minimum absolute atomic E-state index is 0.755. The van der Waals surface area contributed by atoms with Gasteiger partial charge in [-0.1, -0.05) is 12.2 Å². The molecule has 0 aromatic heterocycles. The van der Waals surface area contributed by atoms with Gasteiger partial charge in [0.15, 0.2) is 0 Å². The number of likely N-dealkylation sites (tertiary alicyclic amines) is 1. The molecule has 1 N–H and O–H groups in total. The Labute approximate surface area is 75.6 Å². The maximum atomic E-state index is 4.05. The molecule has 0 spiro atoms. The molecule has 12 heavy (non-hydrogen) atoms. The van der Waals surface area contributed by atoms with Crippen molar-refractivity contribution in [2.75, 3.05) is 27.2 Å². The molecule has 2 nitrogen and oxygen atoms in total. The lowest BCUT2D eigenvalue weighted by molar-refractivity contribution is 0.308. The van der Waals surface area contributed by atoms with E-state index in [1.807, 2.05) is 7.05 Å². The standard InChI is InChI=1S/C10H20N2/c1-9(8-11-2)7-10-5-4-6-12(10)3/h10-11H,1,4-8H2,2-3H3. The van der Waals surface area contributed by atoms with Gasteiger partial charge < -0.3 is 10.2 Å². The largest absolute Gasteiger partial charge is 0.316 e. The third-order valence-electron chi connectivity index (χ3n) is 2.62. The lowest BCUT2D eigenvalue weighted by Crippen LogP contribution is -2.26. The predicted molar refractivity (Wildman–Crippen MR) is 53.3 cm³/mol. The third kappa shape index (κ3) is 2.61. The van der Waals surface area contributed by atoms with E-state index in [-0.39, 0.29) is 0 Å². The van der Waals surface area contributed by atoms with Crippen molar-refractivity contribution in [1.29, 1.82) is 0 Å². The SMILES string of the molecule is C=C(CNC)CC1CCCN1C. The summed E-state index contributed by atoms with van der Waals surface area (Å²) in [5.74, 6) is 0. The Bertz CT molecular complexity index is 154. The number of likely N-dealkylation sites (N-methyl/N-ethyl adjacent to an activating group) is 1. The highest BCUT2D eigenvalue weighted by Gasteiger charge is 2.20. The molecule has 1 unspecified atom stereocenters. The molecule has 0 aromatic carbocycles. The average molecular weight is 168 g/mol. The van der Waals surface area contributed by atoms with Crippen molar-refractivity contribution in [2.24, 2.45) is 0 Å². The Morgan fingerprint density at radius 3 is 2.92 bits per heavy atom. The Balaban J connectivity index is 2.25. The van der Waals surface area contributed by atoms with Crippen molar-refractivity contribution in [1.82, 2.24) is 10.2 Å². The average Bonchev–Trinajstić information content (AvgIpc) is 2.37. The van der Waals surface area contributed by atoms with Crippen molar-refractivity contribution < 1.29 is 0 Å². The Kier molecular flexibility index (Phi) is 3.76. The molecule has 1 aliphatic rings. The van der Waals surface area contributed by atoms with Gasteiger partial charge in [0.25, 0.3) is 0 Å². The van der Waals surface area contributed by atoms with E-state index in [0.717, 1.165) is 19.0 Å². The van der Waals surface area contributed by atoms with Gasteiger partial charge in [0.1, 0.15) is 0 Å². The van der Waals surface area contributed by atoms with E-state index in [1.165, 1.54) is 25.0 Å². The molecule has 0 aliphatic carbocycles. The van der Waals surface area contributed by atoms with E-state index < -0.39 is 0 Å². The van der Waals surface area contributed by atoms with Crippen LogP contribution in [0.15, 0.2) is 12.2 Å². The van der Waals surface area contributed by atoms with E-state index in [0.29, 0.717) is 0 Å². The van der Waals surface area contributed by atoms with Crippen LogP contribution in [0.25, 0.3) is 0 Å². The molecular formula is C10H20N2. The summed E-state index contributed by atoms with van der Waals surface area (Å²) < 4.78 is 0. The highest BCUT2D eigenvalue weighted by Crippen LogP contribution is 2.20. The minimum atomic E-state index is 0.755. The third-order valence-corrected chi connectivity index (χ3v) is 2.62. The molecule has 0 bridgehead atoms. The van der Waals surface area contributed by atoms with Crippen molar-refractivity contribution in [3.8, 4) is 0 Å². The molecule has 1 saturated heterocycles. The van der Waals surface area contributed by atoms with E-state index in [4.69, 9.17) is 0 Å². The normalized spacial score (nSPS) is 24.7. The van der Waals surface area contributed by atoms with Gasteiger partial charge in [-0.25, -0.2) is 0 Å². The fourth-order valence-electron chi connectivity index (χ4n) is 1.89. The van der Waals surface area contributed by atoms with Gasteiger partial charge in [-0.15, -0.1) is 0 Å². The second-order valence-electron chi connectivity index (χ2n) is 3.76. The Hall–Kier alpha value is -0.340. The zero-order valence-corrected chi connectivity index (χ0v) is 8.27. The summed E-state index contributed by atoms with van der Waals surface area (Å²) in [5.41, 5.74) is 1.33. The lowest BCUT2D eigenvalue weighted by atomic mass is 10.1. The summed E-state index contributed by atoms with van der Waals surface area (Å²) in [4.78, 5) is 2.45. The van der Waals surface area contributed by atoms with Crippen molar-refractivity contribution in [3.63, 3.8) is 0 Å². The highest BCUT2D eigenvalue weighted by molar-refractivity contribution is 5.00. The summed E-state index contributed by atoms with van der Waals surface area (Å²) in [7, 11) is 4.19. The second-order valence-corrected chi connectivity index (χ2v) is 3.76. The number of rotatable bonds is 4. The smallest absolute Gasteiger partial charge is 0.0159 e. The molecule has 1 aliphatic heterocycles. The number of nitrogens with one attached hydrogen (secondary N) is 1. The first-order valence-electron chi connectivity index (χ1n) is 4.75. The molecule has 2 heteroatoms. The van der Waals surface area contributed by atoms with Crippen LogP contribution in [0, 0.1) is 0 Å². The molecule has 0 amide bonds. The maximum Gasteiger partial charge on any atom is 0.0159 e. The first-order valence-corrected chi connectivity index (χ1v) is 4.75. The first kappa shape index (κ1) is 9.75. The molecule has 1 atom stereocenters. The zero-order chi connectivity index (χ0) is 8.97. The van der Waals surface area contributed by atoms with Gasteiger partial charge in [0.05, 0.1) is 0 Å². The molecule has 1 heterocycles. The fourth-order valence-corrected chi connectivity index (χ4v) is 1.89. The van der Waals surface area contributed by atoms with E-state index in [2.05, 4.69) is 23.8 Å². The quantitative estimate of drug-likeness (QED) is 0.635. The van der Waals surface area contributed by atoms with Crippen LogP contribution in [0.4, 0.5) is 0 Å². The van der Waals surface area contributed by atoms with Crippen molar-refractivity contribution in [3.05, 3.63) is 12.2 Å². The summed E-state index contributed by atoms with van der Waals surface area (Å²) in [6.45, 7) is 6.28. The summed E-state index contributed by atoms with van der Waals surface area (Å²) >= 11 is 0. The van der Waals surface area contributed by atoms with Crippen LogP contribution < -0.4 is 5.32 Å². The van der Waals surface area contributed by atoms with Gasteiger partial charge >= 0.3 is 0 Å². The van der Waals surface area contributed by atoms with E-state index in [1.54, 1.807) is 0 Å². The van der Waals surface area contributed by atoms with Crippen LogP contribution in [0.1, 0.15) is 19.3 Å². The molecule has 0 aromatic rings. The van der Waals surface area contributed by atoms with Crippen molar-refractivity contribution in [2.45, 2.75) is 25.3 Å². The summed E-state index contributed by atoms with van der Waals surface area (Å²) in [6, 6.07) is 0.755. The topological polar surface area (TPSA) is 15.3 Å². The van der Waals surface area contributed by atoms with Crippen LogP contribution in [-0.4, -0.2) is 38.1 Å². The zero-order valence-electron chi connectivity index (χ0n) is 8.27. The van der Waals surface area contributed by atoms with Gasteiger partial charge in [-0.05, 0) is 39.9 Å². The van der Waals surface area contributed by atoms with Crippen LogP contribution in [0.5, 0.6) is 0 Å². The number of hydrogen-bond acceptors (Lipinski definition) is 2. The monoisotopic (exact) mass is 168 g/mol. The van der Waals surface area contributed by atoms with Crippen LogP contribution >= 0.6 is 0 Å². The second kappa shape index (κ2) is 4.63. The van der Waals surface area contributed by atoms with Crippen molar-refractivity contribution >= 4 is 0 Å². The Morgan fingerprint density at radius 1 is 1.67 bits per heavy atom. The summed E-state index contributed by atoms with van der Waals surface area (Å²) in [6.07, 6.45) is 3.87. The predicted octanol–water partition coefficient (Wildman–Crippen LogP) is 1.25. The minimum Gasteiger partial charge on any atom is -0.316 e. The fraction of sp³-hybridized carbons (Fsp3) is 0.800. The van der Waals surface area contributed by atoms with E-state index in [9.17, 15) is 0 Å². The molecule has 0 saturated carbocycles. The molecule has 0 radical (unpaired) electrons. The van der Waals surface area contributed by atoms with Crippen LogP contribution in [-0.2, 0) is 0 Å². The molecule has 1 rings (SSSR count). The van der Waals surface area contributed by atoms with Crippen LogP contribution in [0.2, 0.25) is 0 Å². The lowest BCUT2D eigenvalue weighted by Gasteiger charge is -2.20. The first-order chi connectivity index (χ1) is 5.74. The molecular weight excluding hydrogens is 148 g/mol. The highest BCUT2D eigenvalue weighted by atomic mass is 15.1. The van der Waals surface area contributed by atoms with Gasteiger partial charge in [-0.2, -0.15) is 0 Å². The Morgan fingerprint density at radius 2 is 2.42 bits per heavy atom. The maximum absolute atomic E-state index is 4.05. The summed E-state index contributed by atoms with van der Waals surface area (Å²) in [5, 5.41) is 3.14.